The number of anilines is 1. The van der Waals surface area contributed by atoms with Gasteiger partial charge in [-0.25, -0.2) is 8.42 Å². The van der Waals surface area contributed by atoms with E-state index in [1.54, 1.807) is 29.5 Å². The number of benzene rings is 2. The van der Waals surface area contributed by atoms with Gasteiger partial charge < -0.3 is 5.32 Å². The first-order chi connectivity index (χ1) is 14.1. The standard InChI is InChI=1S/C22H22N2O3S2/c25-22(23-13-12-19-9-5-15-28-19)18-7-3-10-20(16-18)29(26,27)24-14-4-8-17-6-1-2-11-21(17)24/h1-3,5-7,9-11,15-16H,4,8,12-14H2,(H,23,25). The third-order valence-corrected chi connectivity index (χ3v) is 7.73. The Morgan fingerprint density at radius 2 is 1.93 bits per heavy atom. The Morgan fingerprint density at radius 3 is 2.76 bits per heavy atom. The van der Waals surface area contributed by atoms with E-state index < -0.39 is 10.0 Å². The quantitative estimate of drug-likeness (QED) is 0.651. The molecule has 0 unspecified atom stereocenters. The number of amides is 1. The Labute approximate surface area is 175 Å². The van der Waals surface area contributed by atoms with E-state index in [2.05, 4.69) is 5.32 Å². The molecular formula is C22H22N2O3S2. The summed E-state index contributed by atoms with van der Waals surface area (Å²) in [4.78, 5) is 13.8. The average Bonchev–Trinajstić information content (AvgIpc) is 3.27. The molecule has 2 aromatic carbocycles. The van der Waals surface area contributed by atoms with Gasteiger partial charge >= 0.3 is 0 Å². The minimum absolute atomic E-state index is 0.139. The molecule has 0 bridgehead atoms. The first-order valence-corrected chi connectivity index (χ1v) is 11.9. The highest BCUT2D eigenvalue weighted by molar-refractivity contribution is 7.92. The van der Waals surface area contributed by atoms with Crippen LogP contribution in [0.1, 0.15) is 27.2 Å². The third kappa shape index (κ3) is 4.21. The molecule has 0 radical (unpaired) electrons. The average molecular weight is 427 g/mol. The van der Waals surface area contributed by atoms with E-state index in [9.17, 15) is 13.2 Å². The molecule has 0 saturated heterocycles. The number of sulfonamides is 1. The van der Waals surface area contributed by atoms with E-state index in [1.807, 2.05) is 41.8 Å². The topological polar surface area (TPSA) is 66.5 Å². The summed E-state index contributed by atoms with van der Waals surface area (Å²) < 4.78 is 28.0. The molecule has 3 aromatic rings. The minimum atomic E-state index is -3.73. The number of carbonyl (C=O) groups excluding carboxylic acids is 1. The van der Waals surface area contributed by atoms with Gasteiger partial charge in [-0.3, -0.25) is 9.10 Å². The van der Waals surface area contributed by atoms with Crippen molar-refractivity contribution in [2.24, 2.45) is 0 Å². The Bertz CT molecular complexity index is 1110. The van der Waals surface area contributed by atoms with Crippen LogP contribution in [0.4, 0.5) is 5.69 Å². The number of thiophene rings is 1. The van der Waals surface area contributed by atoms with Crippen LogP contribution in [0, 0.1) is 0 Å². The first-order valence-electron chi connectivity index (χ1n) is 9.57. The van der Waals surface area contributed by atoms with Crippen molar-refractivity contribution in [1.29, 1.82) is 0 Å². The highest BCUT2D eigenvalue weighted by Crippen LogP contribution is 2.31. The van der Waals surface area contributed by atoms with Gasteiger partial charge in [0.15, 0.2) is 0 Å². The highest BCUT2D eigenvalue weighted by Gasteiger charge is 2.29. The monoisotopic (exact) mass is 426 g/mol. The van der Waals surface area contributed by atoms with E-state index in [1.165, 1.54) is 15.2 Å². The molecule has 150 valence electrons. The second-order valence-electron chi connectivity index (χ2n) is 6.92. The van der Waals surface area contributed by atoms with Gasteiger partial charge in [0.25, 0.3) is 15.9 Å². The van der Waals surface area contributed by atoms with Crippen molar-refractivity contribution in [1.82, 2.24) is 5.32 Å². The Kier molecular flexibility index (Phi) is 5.69. The summed E-state index contributed by atoms with van der Waals surface area (Å²) in [6, 6.07) is 17.9. The number of para-hydroxylation sites is 1. The molecule has 1 aliphatic heterocycles. The zero-order valence-electron chi connectivity index (χ0n) is 15.9. The first kappa shape index (κ1) is 19.7. The van der Waals surface area contributed by atoms with Gasteiger partial charge in [-0.2, -0.15) is 0 Å². The number of nitrogens with one attached hydrogen (secondary N) is 1. The van der Waals surface area contributed by atoms with Crippen molar-refractivity contribution >= 4 is 33.0 Å². The maximum absolute atomic E-state index is 13.3. The van der Waals surface area contributed by atoms with Gasteiger partial charge in [0.1, 0.15) is 0 Å². The number of carbonyl (C=O) groups is 1. The molecule has 1 aromatic heterocycles. The number of hydrogen-bond acceptors (Lipinski definition) is 4. The van der Waals surface area contributed by atoms with Gasteiger partial charge in [0.05, 0.1) is 10.6 Å². The summed E-state index contributed by atoms with van der Waals surface area (Å²) >= 11 is 1.65. The molecule has 7 heteroatoms. The van der Waals surface area contributed by atoms with Crippen LogP contribution in [0.15, 0.2) is 70.9 Å². The molecule has 0 aliphatic carbocycles. The molecule has 4 rings (SSSR count). The SMILES string of the molecule is O=C(NCCc1cccs1)c1cccc(S(=O)(=O)N2CCCc3ccccc32)c1. The van der Waals surface area contributed by atoms with Crippen molar-refractivity contribution < 1.29 is 13.2 Å². The van der Waals surface area contributed by atoms with Gasteiger partial charge in [-0.05, 0) is 60.5 Å². The maximum Gasteiger partial charge on any atom is 0.264 e. The Balaban J connectivity index is 1.53. The minimum Gasteiger partial charge on any atom is -0.352 e. The molecule has 0 spiro atoms. The molecular weight excluding hydrogens is 404 g/mol. The van der Waals surface area contributed by atoms with Crippen LogP contribution < -0.4 is 9.62 Å². The van der Waals surface area contributed by atoms with Crippen molar-refractivity contribution in [3.63, 3.8) is 0 Å². The third-order valence-electron chi connectivity index (χ3n) is 4.99. The number of fused-ring (bicyclic) bond motifs is 1. The van der Waals surface area contributed by atoms with Crippen molar-refractivity contribution in [2.45, 2.75) is 24.2 Å². The number of hydrogen-bond donors (Lipinski definition) is 1. The van der Waals surface area contributed by atoms with Crippen molar-refractivity contribution in [3.05, 3.63) is 82.0 Å². The molecule has 0 saturated carbocycles. The predicted molar refractivity (Wildman–Crippen MR) is 116 cm³/mol. The lowest BCUT2D eigenvalue weighted by atomic mass is 10.0. The fourth-order valence-electron chi connectivity index (χ4n) is 3.53. The van der Waals surface area contributed by atoms with E-state index in [4.69, 9.17) is 0 Å². The lowest BCUT2D eigenvalue weighted by Gasteiger charge is -2.30. The second-order valence-corrected chi connectivity index (χ2v) is 9.82. The molecule has 29 heavy (non-hydrogen) atoms. The summed E-state index contributed by atoms with van der Waals surface area (Å²) in [5.41, 5.74) is 2.11. The summed E-state index contributed by atoms with van der Waals surface area (Å²) in [6.45, 7) is 0.951. The fraction of sp³-hybridized carbons (Fsp3) is 0.227. The van der Waals surface area contributed by atoms with Crippen LogP contribution >= 0.6 is 11.3 Å². The number of rotatable bonds is 6. The Morgan fingerprint density at radius 1 is 1.07 bits per heavy atom. The number of aryl methyl sites for hydroxylation is 1. The lowest BCUT2D eigenvalue weighted by molar-refractivity contribution is 0.0954. The maximum atomic E-state index is 13.3. The lowest BCUT2D eigenvalue weighted by Crippen LogP contribution is -2.35. The normalized spacial score (nSPS) is 13.7. The largest absolute Gasteiger partial charge is 0.352 e. The van der Waals surface area contributed by atoms with Crippen molar-refractivity contribution in [3.8, 4) is 0 Å². The molecule has 0 atom stereocenters. The van der Waals surface area contributed by atoms with Crippen LogP contribution in [0.5, 0.6) is 0 Å². The molecule has 5 nitrogen and oxygen atoms in total. The predicted octanol–water partition coefficient (Wildman–Crippen LogP) is 3.86. The summed E-state index contributed by atoms with van der Waals surface area (Å²) in [5, 5.41) is 4.87. The molecule has 1 aliphatic rings. The fourth-order valence-corrected chi connectivity index (χ4v) is 5.83. The van der Waals surface area contributed by atoms with E-state index in [0.717, 1.165) is 30.5 Å². The van der Waals surface area contributed by atoms with Crippen molar-refractivity contribution in [2.75, 3.05) is 17.4 Å². The molecule has 1 N–H and O–H groups in total. The summed E-state index contributed by atoms with van der Waals surface area (Å²) in [7, 11) is -3.73. The van der Waals surface area contributed by atoms with Gasteiger partial charge in [-0.1, -0.05) is 30.3 Å². The second kappa shape index (κ2) is 8.39. The highest BCUT2D eigenvalue weighted by atomic mass is 32.2. The zero-order chi connectivity index (χ0) is 20.3. The van der Waals surface area contributed by atoms with Crippen LogP contribution in [-0.4, -0.2) is 27.4 Å². The zero-order valence-corrected chi connectivity index (χ0v) is 17.5. The Hall–Kier alpha value is -2.64. The smallest absolute Gasteiger partial charge is 0.264 e. The molecule has 1 amide bonds. The van der Waals surface area contributed by atoms with E-state index in [0.29, 0.717) is 18.7 Å². The van der Waals surface area contributed by atoms with Crippen LogP contribution in [0.2, 0.25) is 0 Å². The number of nitrogens with zero attached hydrogens (tertiary/aromatic N) is 1. The summed E-state index contributed by atoms with van der Waals surface area (Å²) in [5.74, 6) is -0.266. The molecule has 0 fully saturated rings. The van der Waals surface area contributed by atoms with E-state index in [-0.39, 0.29) is 10.8 Å². The van der Waals surface area contributed by atoms with Crippen LogP contribution in [0.25, 0.3) is 0 Å². The van der Waals surface area contributed by atoms with E-state index >= 15 is 0 Å². The van der Waals surface area contributed by atoms with Gasteiger partial charge in [0, 0.05) is 23.5 Å². The van der Waals surface area contributed by atoms with Gasteiger partial charge in [-0.15, -0.1) is 11.3 Å². The van der Waals surface area contributed by atoms with Crippen LogP contribution in [-0.2, 0) is 22.9 Å². The van der Waals surface area contributed by atoms with Gasteiger partial charge in [0.2, 0.25) is 0 Å². The van der Waals surface area contributed by atoms with Crippen LogP contribution in [0.3, 0.4) is 0 Å². The molecule has 2 heterocycles. The summed E-state index contributed by atoms with van der Waals surface area (Å²) in [6.07, 6.45) is 2.40.